The summed E-state index contributed by atoms with van der Waals surface area (Å²) in [6.45, 7) is 4.91. The molecule has 1 saturated heterocycles. The molecular formula is C15H19N3O. The molecule has 1 fully saturated rings. The average molecular weight is 257 g/mol. The quantitative estimate of drug-likeness (QED) is 0.913. The zero-order valence-corrected chi connectivity index (χ0v) is 11.2. The van der Waals surface area contributed by atoms with Crippen LogP contribution in [0.15, 0.2) is 34.9 Å². The molecule has 0 unspecified atom stereocenters. The van der Waals surface area contributed by atoms with Crippen molar-refractivity contribution in [1.82, 2.24) is 4.98 Å². The first-order valence-electron chi connectivity index (χ1n) is 6.81. The Morgan fingerprint density at radius 1 is 1.21 bits per heavy atom. The van der Waals surface area contributed by atoms with E-state index in [0.717, 1.165) is 36.1 Å². The van der Waals surface area contributed by atoms with E-state index in [2.05, 4.69) is 27.3 Å². The Kier molecular flexibility index (Phi) is 3.40. The van der Waals surface area contributed by atoms with E-state index in [9.17, 15) is 0 Å². The van der Waals surface area contributed by atoms with Crippen LogP contribution in [0.3, 0.4) is 0 Å². The van der Waals surface area contributed by atoms with E-state index in [-0.39, 0.29) is 0 Å². The third-order valence-corrected chi connectivity index (χ3v) is 3.44. The molecule has 0 bridgehead atoms. The van der Waals surface area contributed by atoms with Gasteiger partial charge in [0, 0.05) is 13.1 Å². The lowest BCUT2D eigenvalue weighted by Gasteiger charge is -2.16. The van der Waals surface area contributed by atoms with E-state index < -0.39 is 0 Å². The molecule has 0 atom stereocenters. The second-order valence-corrected chi connectivity index (χ2v) is 4.97. The van der Waals surface area contributed by atoms with Gasteiger partial charge in [-0.3, -0.25) is 0 Å². The molecule has 2 aromatic heterocycles. The van der Waals surface area contributed by atoms with Crippen molar-refractivity contribution in [2.24, 2.45) is 0 Å². The van der Waals surface area contributed by atoms with Gasteiger partial charge in [0.15, 0.2) is 0 Å². The van der Waals surface area contributed by atoms with Crippen LogP contribution >= 0.6 is 0 Å². The van der Waals surface area contributed by atoms with E-state index in [1.807, 2.05) is 25.3 Å². The molecule has 3 rings (SSSR count). The molecular weight excluding hydrogens is 238 g/mol. The summed E-state index contributed by atoms with van der Waals surface area (Å²) >= 11 is 0. The zero-order chi connectivity index (χ0) is 13.1. The van der Waals surface area contributed by atoms with E-state index in [0.29, 0.717) is 6.54 Å². The number of hydrogen-bond donors (Lipinski definition) is 1. The maximum atomic E-state index is 5.52. The minimum atomic E-state index is 0.693. The van der Waals surface area contributed by atoms with Crippen molar-refractivity contribution in [3.8, 4) is 0 Å². The number of nitrogens with zero attached hydrogens (tertiary/aromatic N) is 2. The van der Waals surface area contributed by atoms with Crippen LogP contribution in [0.5, 0.6) is 0 Å². The lowest BCUT2D eigenvalue weighted by atomic mass is 10.3. The third-order valence-electron chi connectivity index (χ3n) is 3.44. The number of pyridine rings is 1. The van der Waals surface area contributed by atoms with Gasteiger partial charge in [0.2, 0.25) is 0 Å². The van der Waals surface area contributed by atoms with E-state index in [1.54, 1.807) is 0 Å². The molecule has 3 heterocycles. The second-order valence-electron chi connectivity index (χ2n) is 4.97. The van der Waals surface area contributed by atoms with Gasteiger partial charge in [-0.1, -0.05) is 0 Å². The largest absolute Gasteiger partial charge is 0.465 e. The molecule has 0 aromatic carbocycles. The number of rotatable bonds is 4. The van der Waals surface area contributed by atoms with Gasteiger partial charge in [-0.05, 0) is 44.0 Å². The fourth-order valence-corrected chi connectivity index (χ4v) is 2.39. The molecule has 100 valence electrons. The Morgan fingerprint density at radius 2 is 2.05 bits per heavy atom. The molecule has 0 aliphatic carbocycles. The highest BCUT2D eigenvalue weighted by Crippen LogP contribution is 2.19. The van der Waals surface area contributed by atoms with Crippen LogP contribution in [0.4, 0.5) is 11.5 Å². The Morgan fingerprint density at radius 3 is 2.68 bits per heavy atom. The minimum absolute atomic E-state index is 0.693. The summed E-state index contributed by atoms with van der Waals surface area (Å²) < 4.78 is 5.52. The van der Waals surface area contributed by atoms with Crippen LogP contribution in [-0.2, 0) is 6.54 Å². The summed E-state index contributed by atoms with van der Waals surface area (Å²) in [5.41, 5.74) is 1.03. The number of aromatic nitrogens is 1. The molecule has 1 aliphatic heterocycles. The molecule has 0 amide bonds. The number of aryl methyl sites for hydroxylation is 1. The van der Waals surface area contributed by atoms with Crippen LogP contribution in [0, 0.1) is 6.92 Å². The molecule has 1 aliphatic rings. The minimum Gasteiger partial charge on any atom is -0.465 e. The first-order chi connectivity index (χ1) is 9.31. The monoisotopic (exact) mass is 257 g/mol. The number of nitrogens with one attached hydrogen (secondary N) is 1. The van der Waals surface area contributed by atoms with E-state index in [1.165, 1.54) is 12.8 Å². The van der Waals surface area contributed by atoms with Crippen LogP contribution < -0.4 is 10.2 Å². The van der Waals surface area contributed by atoms with Gasteiger partial charge in [0.25, 0.3) is 0 Å². The number of furan rings is 1. The maximum Gasteiger partial charge on any atom is 0.128 e. The average Bonchev–Trinajstić information content (AvgIpc) is 3.08. The highest BCUT2D eigenvalue weighted by Gasteiger charge is 2.12. The molecule has 1 N–H and O–H groups in total. The molecule has 0 spiro atoms. The van der Waals surface area contributed by atoms with Gasteiger partial charge >= 0.3 is 0 Å². The topological polar surface area (TPSA) is 41.3 Å². The third kappa shape index (κ3) is 2.89. The van der Waals surface area contributed by atoms with Gasteiger partial charge in [0.05, 0.1) is 18.4 Å². The van der Waals surface area contributed by atoms with Crippen LogP contribution in [0.25, 0.3) is 0 Å². The zero-order valence-electron chi connectivity index (χ0n) is 11.2. The van der Waals surface area contributed by atoms with Crippen molar-refractivity contribution in [2.75, 3.05) is 23.3 Å². The molecule has 2 aromatic rings. The van der Waals surface area contributed by atoms with Crippen molar-refractivity contribution in [3.05, 3.63) is 42.0 Å². The summed E-state index contributed by atoms with van der Waals surface area (Å²) in [6.07, 6.45) is 4.45. The van der Waals surface area contributed by atoms with Gasteiger partial charge in [-0.2, -0.15) is 0 Å². The first kappa shape index (κ1) is 12.1. The van der Waals surface area contributed by atoms with E-state index in [4.69, 9.17) is 4.42 Å². The summed E-state index contributed by atoms with van der Waals surface area (Å²) in [5, 5.41) is 3.32. The Bertz CT molecular complexity index is 527. The van der Waals surface area contributed by atoms with Gasteiger partial charge < -0.3 is 14.6 Å². The Hall–Kier alpha value is -1.97. The second kappa shape index (κ2) is 5.34. The highest BCUT2D eigenvalue weighted by atomic mass is 16.3. The standard InChI is InChI=1S/C15H19N3O/c1-12-4-6-14(19-12)11-16-13-5-7-15(17-10-13)18-8-2-3-9-18/h4-7,10,16H,2-3,8-9,11H2,1H3. The Balaban J connectivity index is 1.59. The smallest absolute Gasteiger partial charge is 0.128 e. The lowest BCUT2D eigenvalue weighted by Crippen LogP contribution is -2.18. The normalized spacial score (nSPS) is 14.9. The SMILES string of the molecule is Cc1ccc(CNc2ccc(N3CCCC3)nc2)o1. The summed E-state index contributed by atoms with van der Waals surface area (Å²) in [4.78, 5) is 6.84. The van der Waals surface area contributed by atoms with Crippen LogP contribution in [-0.4, -0.2) is 18.1 Å². The fraction of sp³-hybridized carbons (Fsp3) is 0.400. The highest BCUT2D eigenvalue weighted by molar-refractivity contribution is 5.49. The molecule has 0 saturated carbocycles. The summed E-state index contributed by atoms with van der Waals surface area (Å²) in [5.74, 6) is 2.97. The van der Waals surface area contributed by atoms with Gasteiger partial charge in [-0.25, -0.2) is 4.98 Å². The summed E-state index contributed by atoms with van der Waals surface area (Å²) in [7, 11) is 0. The summed E-state index contributed by atoms with van der Waals surface area (Å²) in [6, 6.07) is 8.14. The van der Waals surface area contributed by atoms with Crippen LogP contribution in [0.1, 0.15) is 24.4 Å². The lowest BCUT2D eigenvalue weighted by molar-refractivity contribution is 0.490. The predicted octanol–water partition coefficient (Wildman–Crippen LogP) is 3.20. The van der Waals surface area contributed by atoms with Crippen molar-refractivity contribution in [3.63, 3.8) is 0 Å². The molecule has 0 radical (unpaired) electrons. The van der Waals surface area contributed by atoms with Crippen molar-refractivity contribution < 1.29 is 4.42 Å². The predicted molar refractivity (Wildman–Crippen MR) is 76.5 cm³/mol. The fourth-order valence-electron chi connectivity index (χ4n) is 2.39. The van der Waals surface area contributed by atoms with Crippen molar-refractivity contribution in [1.29, 1.82) is 0 Å². The Labute approximate surface area is 113 Å². The van der Waals surface area contributed by atoms with Gasteiger partial charge in [-0.15, -0.1) is 0 Å². The van der Waals surface area contributed by atoms with Gasteiger partial charge in [0.1, 0.15) is 17.3 Å². The molecule has 19 heavy (non-hydrogen) atoms. The molecule has 4 nitrogen and oxygen atoms in total. The number of hydrogen-bond acceptors (Lipinski definition) is 4. The van der Waals surface area contributed by atoms with Crippen molar-refractivity contribution in [2.45, 2.75) is 26.3 Å². The molecule has 4 heteroatoms. The first-order valence-corrected chi connectivity index (χ1v) is 6.81. The maximum absolute atomic E-state index is 5.52. The number of anilines is 2. The van der Waals surface area contributed by atoms with Crippen LogP contribution in [0.2, 0.25) is 0 Å². The van der Waals surface area contributed by atoms with E-state index >= 15 is 0 Å². The van der Waals surface area contributed by atoms with Crippen molar-refractivity contribution >= 4 is 11.5 Å².